The zero-order chi connectivity index (χ0) is 16.3. The van der Waals surface area contributed by atoms with Gasteiger partial charge in [-0.2, -0.15) is 5.10 Å². The summed E-state index contributed by atoms with van der Waals surface area (Å²) < 4.78 is 27.2. The van der Waals surface area contributed by atoms with Crippen molar-refractivity contribution in [3.05, 3.63) is 71.9 Å². The first-order chi connectivity index (χ1) is 11.0. The molecule has 3 aromatic rings. The quantitative estimate of drug-likeness (QED) is 0.755. The summed E-state index contributed by atoms with van der Waals surface area (Å²) in [5, 5.41) is 6.77. The van der Waals surface area contributed by atoms with Gasteiger partial charge >= 0.3 is 0 Å². The first kappa shape index (κ1) is 15.3. The van der Waals surface area contributed by atoms with E-state index >= 15 is 0 Å². The molecule has 0 aliphatic heterocycles. The van der Waals surface area contributed by atoms with E-state index < -0.39 is 10.0 Å². The van der Waals surface area contributed by atoms with Gasteiger partial charge in [0, 0.05) is 11.9 Å². The number of sulfonamides is 1. The Bertz CT molecular complexity index is 886. The van der Waals surface area contributed by atoms with Crippen LogP contribution in [0.4, 0.5) is 5.69 Å². The van der Waals surface area contributed by atoms with Crippen LogP contribution in [-0.4, -0.2) is 18.6 Å². The molecule has 0 aliphatic rings. The number of benzene rings is 2. The highest BCUT2D eigenvalue weighted by atomic mass is 32.2. The molecule has 5 nitrogen and oxygen atoms in total. The van der Waals surface area contributed by atoms with Gasteiger partial charge in [0.2, 0.25) is 10.0 Å². The van der Waals surface area contributed by atoms with Gasteiger partial charge in [0.05, 0.1) is 11.4 Å². The Balaban J connectivity index is 1.74. The molecule has 2 aromatic carbocycles. The van der Waals surface area contributed by atoms with Crippen molar-refractivity contribution < 1.29 is 8.42 Å². The number of anilines is 1. The molecule has 0 spiro atoms. The summed E-state index contributed by atoms with van der Waals surface area (Å²) in [4.78, 5) is 0. The van der Waals surface area contributed by atoms with Gasteiger partial charge in [-0.25, -0.2) is 8.42 Å². The Morgan fingerprint density at radius 3 is 2.43 bits per heavy atom. The smallest absolute Gasteiger partial charge is 0.236 e. The number of aromatic nitrogens is 2. The monoisotopic (exact) mass is 327 g/mol. The van der Waals surface area contributed by atoms with Crippen molar-refractivity contribution >= 4 is 15.7 Å². The molecule has 0 fully saturated rings. The number of rotatable bonds is 5. The third kappa shape index (κ3) is 3.78. The molecule has 0 bridgehead atoms. The lowest BCUT2D eigenvalue weighted by Crippen LogP contribution is -2.15. The number of aromatic amines is 1. The fraction of sp³-hybridized carbons (Fsp3) is 0.118. The van der Waals surface area contributed by atoms with E-state index in [1.807, 2.05) is 49.4 Å². The van der Waals surface area contributed by atoms with E-state index in [1.54, 1.807) is 18.3 Å². The van der Waals surface area contributed by atoms with Gasteiger partial charge in [-0.1, -0.05) is 36.4 Å². The Morgan fingerprint density at radius 2 is 1.78 bits per heavy atom. The van der Waals surface area contributed by atoms with E-state index in [2.05, 4.69) is 14.9 Å². The highest BCUT2D eigenvalue weighted by molar-refractivity contribution is 7.91. The average Bonchev–Trinajstić information content (AvgIpc) is 3.04. The van der Waals surface area contributed by atoms with Crippen molar-refractivity contribution in [2.75, 3.05) is 4.72 Å². The van der Waals surface area contributed by atoms with Crippen LogP contribution < -0.4 is 4.72 Å². The molecule has 0 saturated carbocycles. The molecule has 1 heterocycles. The van der Waals surface area contributed by atoms with Crippen molar-refractivity contribution in [2.45, 2.75) is 12.7 Å². The molecule has 0 atom stereocenters. The Labute approximate surface area is 135 Å². The molecule has 118 valence electrons. The number of hydrogen-bond donors (Lipinski definition) is 2. The minimum Gasteiger partial charge on any atom is -0.283 e. The van der Waals surface area contributed by atoms with Crippen LogP contribution in [0.1, 0.15) is 11.1 Å². The van der Waals surface area contributed by atoms with Crippen LogP contribution in [-0.2, 0) is 15.8 Å². The minimum atomic E-state index is -3.45. The molecular formula is C17H17N3O2S. The second kappa shape index (κ2) is 6.26. The fourth-order valence-corrected chi connectivity index (χ4v) is 3.63. The van der Waals surface area contributed by atoms with Gasteiger partial charge in [0.15, 0.2) is 0 Å². The molecule has 0 aliphatic carbocycles. The van der Waals surface area contributed by atoms with Gasteiger partial charge in [0.1, 0.15) is 0 Å². The molecule has 3 rings (SSSR count). The largest absolute Gasteiger partial charge is 0.283 e. The average molecular weight is 327 g/mol. The Hall–Kier alpha value is -2.60. The normalized spacial score (nSPS) is 11.3. The van der Waals surface area contributed by atoms with Gasteiger partial charge < -0.3 is 0 Å². The molecule has 0 saturated heterocycles. The molecule has 2 N–H and O–H groups in total. The fourth-order valence-electron chi connectivity index (χ4n) is 2.33. The zero-order valence-electron chi connectivity index (χ0n) is 12.7. The van der Waals surface area contributed by atoms with Gasteiger partial charge in [0.25, 0.3) is 0 Å². The first-order valence-corrected chi connectivity index (χ1v) is 8.83. The van der Waals surface area contributed by atoms with Crippen molar-refractivity contribution in [1.82, 2.24) is 10.2 Å². The number of hydrogen-bond acceptors (Lipinski definition) is 3. The highest BCUT2D eigenvalue weighted by Gasteiger charge is 2.13. The summed E-state index contributed by atoms with van der Waals surface area (Å²) in [6.45, 7) is 1.91. The van der Waals surface area contributed by atoms with E-state index in [0.29, 0.717) is 5.69 Å². The van der Waals surface area contributed by atoms with E-state index in [0.717, 1.165) is 22.4 Å². The maximum atomic E-state index is 12.3. The zero-order valence-corrected chi connectivity index (χ0v) is 13.5. The lowest BCUT2D eigenvalue weighted by Gasteiger charge is -2.10. The number of H-pyrrole nitrogens is 1. The number of aryl methyl sites for hydroxylation is 1. The second-order valence-corrected chi connectivity index (χ2v) is 7.06. The van der Waals surface area contributed by atoms with Gasteiger partial charge in [-0.3, -0.25) is 9.82 Å². The molecule has 0 radical (unpaired) electrons. The molecule has 23 heavy (non-hydrogen) atoms. The maximum Gasteiger partial charge on any atom is 0.236 e. The number of nitrogens with one attached hydrogen (secondary N) is 2. The van der Waals surface area contributed by atoms with E-state index in [4.69, 9.17) is 0 Å². The van der Waals surface area contributed by atoms with Gasteiger partial charge in [-0.05, 0) is 41.8 Å². The highest BCUT2D eigenvalue weighted by Crippen LogP contribution is 2.20. The summed E-state index contributed by atoms with van der Waals surface area (Å²) in [5.41, 5.74) is 4.15. The van der Waals surface area contributed by atoms with Crippen LogP contribution in [0.3, 0.4) is 0 Å². The van der Waals surface area contributed by atoms with Gasteiger partial charge in [-0.15, -0.1) is 0 Å². The van der Waals surface area contributed by atoms with Crippen molar-refractivity contribution in [3.63, 3.8) is 0 Å². The second-order valence-electron chi connectivity index (χ2n) is 5.34. The summed E-state index contributed by atoms with van der Waals surface area (Å²) in [7, 11) is -3.45. The SMILES string of the molecule is Cc1ccccc1CS(=O)(=O)Nc1ccc(-c2ccn[nH]2)cc1. The lowest BCUT2D eigenvalue weighted by atomic mass is 10.1. The third-order valence-corrected chi connectivity index (χ3v) is 4.81. The summed E-state index contributed by atoms with van der Waals surface area (Å²) >= 11 is 0. The molecule has 0 amide bonds. The minimum absolute atomic E-state index is 0.0397. The van der Waals surface area contributed by atoms with Crippen LogP contribution in [0.25, 0.3) is 11.3 Å². The standard InChI is InChI=1S/C17H17N3O2S/c1-13-4-2-3-5-15(13)12-23(21,22)20-16-8-6-14(7-9-16)17-10-11-18-19-17/h2-11,20H,12H2,1H3,(H,18,19). The summed E-state index contributed by atoms with van der Waals surface area (Å²) in [6, 6.07) is 16.5. The van der Waals surface area contributed by atoms with E-state index in [-0.39, 0.29) is 5.75 Å². The first-order valence-electron chi connectivity index (χ1n) is 7.18. The van der Waals surface area contributed by atoms with Crippen LogP contribution in [0.2, 0.25) is 0 Å². The van der Waals surface area contributed by atoms with Crippen LogP contribution in [0, 0.1) is 6.92 Å². The molecule has 0 unspecified atom stereocenters. The topological polar surface area (TPSA) is 74.8 Å². The van der Waals surface area contributed by atoms with Crippen molar-refractivity contribution in [1.29, 1.82) is 0 Å². The van der Waals surface area contributed by atoms with E-state index in [1.165, 1.54) is 0 Å². The van der Waals surface area contributed by atoms with Crippen molar-refractivity contribution in [3.8, 4) is 11.3 Å². The Morgan fingerprint density at radius 1 is 1.04 bits per heavy atom. The maximum absolute atomic E-state index is 12.3. The van der Waals surface area contributed by atoms with Crippen molar-refractivity contribution in [2.24, 2.45) is 0 Å². The summed E-state index contributed by atoms with van der Waals surface area (Å²) in [5.74, 6) is -0.0397. The van der Waals surface area contributed by atoms with E-state index in [9.17, 15) is 8.42 Å². The molecule has 6 heteroatoms. The van der Waals surface area contributed by atoms with Crippen LogP contribution in [0.5, 0.6) is 0 Å². The lowest BCUT2D eigenvalue weighted by molar-refractivity contribution is 0.600. The van der Waals surface area contributed by atoms with Crippen LogP contribution in [0.15, 0.2) is 60.8 Å². The summed E-state index contributed by atoms with van der Waals surface area (Å²) in [6.07, 6.45) is 1.67. The predicted molar refractivity (Wildman–Crippen MR) is 91.4 cm³/mol. The predicted octanol–water partition coefficient (Wildman–Crippen LogP) is 3.33. The van der Waals surface area contributed by atoms with Crippen LogP contribution >= 0.6 is 0 Å². The molecule has 1 aromatic heterocycles. The third-order valence-electron chi connectivity index (χ3n) is 3.58. The molecular weight excluding hydrogens is 310 g/mol. The number of nitrogens with zero attached hydrogens (tertiary/aromatic N) is 1. The Kier molecular flexibility index (Phi) is 4.16.